The number of nitrogens with zero attached hydrogens (tertiary/aromatic N) is 1. The predicted molar refractivity (Wildman–Crippen MR) is 121 cm³/mol. The van der Waals surface area contributed by atoms with Crippen LogP contribution in [0, 0.1) is 0 Å². The van der Waals surface area contributed by atoms with Gasteiger partial charge in [0, 0.05) is 40.2 Å². The Balaban J connectivity index is 1.97. The smallest absolute Gasteiger partial charge is 0.331 e. The summed E-state index contributed by atoms with van der Waals surface area (Å²) in [5.41, 5.74) is 4.84. The van der Waals surface area contributed by atoms with E-state index < -0.39 is 0 Å². The lowest BCUT2D eigenvalue weighted by Gasteiger charge is -2.22. The summed E-state index contributed by atoms with van der Waals surface area (Å²) >= 11 is 6.42. The summed E-state index contributed by atoms with van der Waals surface area (Å²) in [6, 6.07) is 15.7. The van der Waals surface area contributed by atoms with Gasteiger partial charge in [0.15, 0.2) is 11.5 Å². The van der Waals surface area contributed by atoms with Crippen LogP contribution in [0.5, 0.6) is 11.5 Å². The van der Waals surface area contributed by atoms with Gasteiger partial charge in [-0.1, -0.05) is 23.7 Å². The fourth-order valence-corrected chi connectivity index (χ4v) is 4.41. The van der Waals surface area contributed by atoms with Gasteiger partial charge >= 0.3 is 5.97 Å². The second-order valence-corrected chi connectivity index (χ2v) is 7.66. The molecule has 1 aliphatic rings. The van der Waals surface area contributed by atoms with E-state index in [1.807, 2.05) is 54.7 Å². The van der Waals surface area contributed by atoms with Gasteiger partial charge in [0.1, 0.15) is 0 Å². The van der Waals surface area contributed by atoms with Gasteiger partial charge in [-0.25, -0.2) is 4.79 Å². The average Bonchev–Trinajstić information content (AvgIpc) is 3.21. The summed E-state index contributed by atoms with van der Waals surface area (Å²) in [6.07, 6.45) is 4.15. The van der Waals surface area contributed by atoms with Crippen molar-refractivity contribution >= 4 is 23.1 Å². The highest BCUT2D eigenvalue weighted by Crippen LogP contribution is 2.47. The standard InChI is InChI=1S/C25H24ClNO4/c1-4-31-24(28)14-16-13-19(18-7-5-9-23(29-2)25(18)30-3)20-15-17(26)10-11-22(20)27-12-6-8-21(16)27/h5-12,14-15,19H,4,13H2,1-3H3. The second-order valence-electron chi connectivity index (χ2n) is 7.23. The molecule has 0 saturated heterocycles. The van der Waals surface area contributed by atoms with E-state index in [0.717, 1.165) is 28.1 Å². The topological polar surface area (TPSA) is 49.7 Å². The minimum absolute atomic E-state index is 0.112. The number of carbonyl (C=O) groups is 1. The van der Waals surface area contributed by atoms with E-state index in [0.29, 0.717) is 29.5 Å². The number of aromatic nitrogens is 1. The van der Waals surface area contributed by atoms with Crippen LogP contribution in [-0.2, 0) is 9.53 Å². The van der Waals surface area contributed by atoms with Crippen LogP contribution in [-0.4, -0.2) is 31.4 Å². The third-order valence-corrected chi connectivity index (χ3v) is 5.75. The van der Waals surface area contributed by atoms with Gasteiger partial charge in [-0.2, -0.15) is 0 Å². The maximum Gasteiger partial charge on any atom is 0.331 e. The molecule has 4 rings (SSSR count). The monoisotopic (exact) mass is 437 g/mol. The Morgan fingerprint density at radius 3 is 2.71 bits per heavy atom. The SMILES string of the molecule is CCOC(=O)C=C1CC(c2cccc(OC)c2OC)c2cc(Cl)ccc2-n2cccc21. The number of allylic oxidation sites excluding steroid dienone is 1. The molecule has 0 aliphatic carbocycles. The summed E-state index contributed by atoms with van der Waals surface area (Å²) in [5, 5.41) is 0.650. The lowest BCUT2D eigenvalue weighted by molar-refractivity contribution is -0.137. The van der Waals surface area contributed by atoms with Gasteiger partial charge in [-0.15, -0.1) is 0 Å². The Bertz CT molecular complexity index is 1150. The molecular formula is C25H24ClNO4. The van der Waals surface area contributed by atoms with Crippen LogP contribution >= 0.6 is 11.6 Å². The molecule has 0 bridgehead atoms. The molecule has 0 radical (unpaired) electrons. The minimum atomic E-state index is -0.356. The Morgan fingerprint density at radius 1 is 1.13 bits per heavy atom. The maximum atomic E-state index is 12.4. The van der Waals surface area contributed by atoms with Crippen LogP contribution in [0.1, 0.15) is 36.1 Å². The predicted octanol–water partition coefficient (Wildman–Crippen LogP) is 5.63. The Morgan fingerprint density at radius 2 is 1.97 bits per heavy atom. The summed E-state index contributed by atoms with van der Waals surface area (Å²) < 4.78 is 18.6. The maximum absolute atomic E-state index is 12.4. The first-order valence-corrected chi connectivity index (χ1v) is 10.5. The fourth-order valence-electron chi connectivity index (χ4n) is 4.23. The van der Waals surface area contributed by atoms with Gasteiger partial charge in [0.25, 0.3) is 0 Å². The zero-order chi connectivity index (χ0) is 22.0. The molecule has 0 N–H and O–H groups in total. The second kappa shape index (κ2) is 8.90. The van der Waals surface area contributed by atoms with Crippen LogP contribution in [0.25, 0.3) is 11.3 Å². The van der Waals surface area contributed by atoms with Crippen LogP contribution in [0.4, 0.5) is 0 Å². The summed E-state index contributed by atoms with van der Waals surface area (Å²) in [6.45, 7) is 2.13. The van der Waals surface area contributed by atoms with Crippen molar-refractivity contribution in [1.82, 2.24) is 4.57 Å². The molecule has 6 heteroatoms. The highest BCUT2D eigenvalue weighted by Gasteiger charge is 2.30. The Labute approximate surface area is 186 Å². The lowest BCUT2D eigenvalue weighted by Crippen LogP contribution is -2.07. The third-order valence-electron chi connectivity index (χ3n) is 5.51. The van der Waals surface area contributed by atoms with Crippen molar-refractivity contribution in [3.63, 3.8) is 0 Å². The number of methoxy groups -OCH3 is 2. The van der Waals surface area contributed by atoms with Gasteiger partial charge in [0.2, 0.25) is 0 Å². The Kier molecular flexibility index (Phi) is 6.05. The quantitative estimate of drug-likeness (QED) is 0.383. The molecule has 2 heterocycles. The number of carbonyl (C=O) groups excluding carboxylic acids is 1. The first-order valence-electron chi connectivity index (χ1n) is 10.1. The number of fused-ring (bicyclic) bond motifs is 3. The van der Waals surface area contributed by atoms with Gasteiger partial charge in [-0.3, -0.25) is 0 Å². The molecule has 31 heavy (non-hydrogen) atoms. The summed E-state index contributed by atoms with van der Waals surface area (Å²) in [4.78, 5) is 12.4. The van der Waals surface area contributed by atoms with Crippen molar-refractivity contribution in [3.05, 3.63) is 82.6 Å². The molecule has 0 saturated carbocycles. The number of halogens is 1. The summed E-state index contributed by atoms with van der Waals surface area (Å²) in [7, 11) is 3.26. The molecule has 0 amide bonds. The van der Waals surface area contributed by atoms with Gasteiger partial charge in [-0.05, 0) is 60.9 Å². The number of ether oxygens (including phenoxy) is 3. The number of rotatable bonds is 5. The minimum Gasteiger partial charge on any atom is -0.493 e. The molecule has 1 unspecified atom stereocenters. The highest BCUT2D eigenvalue weighted by atomic mass is 35.5. The van der Waals surface area contributed by atoms with E-state index in [1.165, 1.54) is 0 Å². The third kappa shape index (κ3) is 3.93. The first kappa shape index (κ1) is 21.1. The van der Waals surface area contributed by atoms with Gasteiger partial charge < -0.3 is 18.8 Å². The average molecular weight is 438 g/mol. The number of hydrogen-bond acceptors (Lipinski definition) is 4. The molecule has 3 aromatic rings. The van der Waals surface area contributed by atoms with Crippen LogP contribution in [0.15, 0.2) is 60.8 Å². The lowest BCUT2D eigenvalue weighted by atomic mass is 9.84. The number of esters is 1. The van der Waals surface area contributed by atoms with E-state index in [-0.39, 0.29) is 11.9 Å². The normalized spacial score (nSPS) is 16.3. The van der Waals surface area contributed by atoms with E-state index in [4.69, 9.17) is 25.8 Å². The van der Waals surface area contributed by atoms with Crippen LogP contribution in [0.2, 0.25) is 5.02 Å². The number of hydrogen-bond donors (Lipinski definition) is 0. The first-order chi connectivity index (χ1) is 15.1. The van der Waals surface area contributed by atoms with Gasteiger partial charge in [0.05, 0.1) is 20.8 Å². The molecule has 5 nitrogen and oxygen atoms in total. The van der Waals surface area contributed by atoms with E-state index >= 15 is 0 Å². The largest absolute Gasteiger partial charge is 0.493 e. The van der Waals surface area contributed by atoms with E-state index in [9.17, 15) is 4.79 Å². The molecule has 0 spiro atoms. The van der Waals surface area contributed by atoms with Crippen LogP contribution < -0.4 is 9.47 Å². The van der Waals surface area contributed by atoms with Crippen molar-refractivity contribution in [2.75, 3.05) is 20.8 Å². The van der Waals surface area contributed by atoms with Crippen LogP contribution in [0.3, 0.4) is 0 Å². The summed E-state index contributed by atoms with van der Waals surface area (Å²) in [5.74, 6) is 0.858. The van der Waals surface area contributed by atoms with Crippen molar-refractivity contribution < 1.29 is 19.0 Å². The van der Waals surface area contributed by atoms with Crippen molar-refractivity contribution in [2.45, 2.75) is 19.3 Å². The molecule has 1 atom stereocenters. The fraction of sp³-hybridized carbons (Fsp3) is 0.240. The van der Waals surface area contributed by atoms with Crippen molar-refractivity contribution in [2.24, 2.45) is 0 Å². The zero-order valence-electron chi connectivity index (χ0n) is 17.7. The zero-order valence-corrected chi connectivity index (χ0v) is 18.5. The number of para-hydroxylation sites is 1. The number of benzene rings is 2. The van der Waals surface area contributed by atoms with Crippen molar-refractivity contribution in [3.8, 4) is 17.2 Å². The molecule has 1 aromatic heterocycles. The van der Waals surface area contributed by atoms with E-state index in [2.05, 4.69) is 4.57 Å². The Hall–Kier alpha value is -3.18. The molecule has 160 valence electrons. The highest BCUT2D eigenvalue weighted by molar-refractivity contribution is 6.30. The molecular weight excluding hydrogens is 414 g/mol. The molecule has 0 fully saturated rings. The molecule has 2 aromatic carbocycles. The van der Waals surface area contributed by atoms with E-state index in [1.54, 1.807) is 27.2 Å². The molecule has 1 aliphatic heterocycles. The van der Waals surface area contributed by atoms with Crippen molar-refractivity contribution in [1.29, 1.82) is 0 Å².